The highest BCUT2D eigenvalue weighted by Gasteiger charge is 2.33. The fraction of sp³-hybridized carbons (Fsp3) is 0.381. The number of hydrogen-bond acceptors (Lipinski definition) is 2. The molecule has 0 spiro atoms. The average molecular weight is 377 g/mol. The Morgan fingerprint density at radius 1 is 1.19 bits per heavy atom. The van der Waals surface area contributed by atoms with E-state index >= 15 is 0 Å². The summed E-state index contributed by atoms with van der Waals surface area (Å²) in [5, 5.41) is 0. The lowest BCUT2D eigenvalue weighted by Gasteiger charge is -2.19. The number of carbonyl (C=O) groups excluding carboxylic acids is 1. The van der Waals surface area contributed by atoms with Gasteiger partial charge in [-0.15, -0.1) is 12.4 Å². The van der Waals surface area contributed by atoms with Crippen LogP contribution in [0.25, 0.3) is 0 Å². The molecule has 5 heteroatoms. The molecule has 3 atom stereocenters. The van der Waals surface area contributed by atoms with Crippen molar-refractivity contribution >= 4 is 18.3 Å². The predicted octanol–water partition coefficient (Wildman–Crippen LogP) is 3.77. The molecule has 0 saturated carbocycles. The molecule has 2 aromatic carbocycles. The Kier molecular flexibility index (Phi) is 7.18. The van der Waals surface area contributed by atoms with Gasteiger partial charge >= 0.3 is 0 Å². The molecule has 26 heavy (non-hydrogen) atoms. The van der Waals surface area contributed by atoms with Crippen molar-refractivity contribution in [2.75, 3.05) is 13.1 Å². The molecule has 0 radical (unpaired) electrons. The van der Waals surface area contributed by atoms with Crippen molar-refractivity contribution in [1.29, 1.82) is 0 Å². The number of halogens is 2. The zero-order chi connectivity index (χ0) is 17.8. The largest absolute Gasteiger partial charge is 0.340 e. The SMILES string of the molecule is CC(CC(=O)N1C[C@@H](N)[C@H](c2ccccc2)C1)Cc1cccc(F)c1.Cl. The summed E-state index contributed by atoms with van der Waals surface area (Å²) in [4.78, 5) is 14.5. The molecule has 1 heterocycles. The van der Waals surface area contributed by atoms with Crippen LogP contribution < -0.4 is 5.73 Å². The summed E-state index contributed by atoms with van der Waals surface area (Å²) in [5.74, 6) is 0.273. The van der Waals surface area contributed by atoms with Crippen LogP contribution in [-0.2, 0) is 11.2 Å². The van der Waals surface area contributed by atoms with Crippen LogP contribution in [0.15, 0.2) is 54.6 Å². The van der Waals surface area contributed by atoms with Gasteiger partial charge in [0.1, 0.15) is 5.82 Å². The predicted molar refractivity (Wildman–Crippen MR) is 105 cm³/mol. The molecule has 3 nitrogen and oxygen atoms in total. The normalized spacial score (nSPS) is 20.5. The lowest BCUT2D eigenvalue weighted by atomic mass is 9.95. The molecule has 1 aliphatic heterocycles. The summed E-state index contributed by atoms with van der Waals surface area (Å²) in [5.41, 5.74) is 8.40. The number of likely N-dealkylation sites (tertiary alicyclic amines) is 1. The van der Waals surface area contributed by atoms with E-state index in [2.05, 4.69) is 12.1 Å². The van der Waals surface area contributed by atoms with E-state index in [1.165, 1.54) is 17.7 Å². The summed E-state index contributed by atoms with van der Waals surface area (Å²) < 4.78 is 13.3. The highest BCUT2D eigenvalue weighted by Crippen LogP contribution is 2.27. The fourth-order valence-corrected chi connectivity index (χ4v) is 3.65. The van der Waals surface area contributed by atoms with Gasteiger partial charge in [0.15, 0.2) is 0 Å². The maximum Gasteiger partial charge on any atom is 0.222 e. The highest BCUT2D eigenvalue weighted by molar-refractivity contribution is 5.85. The fourth-order valence-electron chi connectivity index (χ4n) is 3.65. The average Bonchev–Trinajstić information content (AvgIpc) is 2.97. The number of nitrogens with zero attached hydrogens (tertiary/aromatic N) is 1. The van der Waals surface area contributed by atoms with Gasteiger partial charge in [0, 0.05) is 31.5 Å². The Labute approximate surface area is 160 Å². The zero-order valence-electron chi connectivity index (χ0n) is 15.0. The third-order valence-electron chi connectivity index (χ3n) is 4.94. The van der Waals surface area contributed by atoms with Crippen LogP contribution in [-0.4, -0.2) is 29.9 Å². The van der Waals surface area contributed by atoms with Crippen molar-refractivity contribution in [2.45, 2.75) is 31.7 Å². The lowest BCUT2D eigenvalue weighted by Crippen LogP contribution is -2.33. The van der Waals surface area contributed by atoms with Gasteiger partial charge in [0.2, 0.25) is 5.91 Å². The van der Waals surface area contributed by atoms with Crippen molar-refractivity contribution < 1.29 is 9.18 Å². The van der Waals surface area contributed by atoms with Crippen LogP contribution in [0.4, 0.5) is 4.39 Å². The van der Waals surface area contributed by atoms with Gasteiger partial charge in [-0.1, -0.05) is 49.4 Å². The Balaban J connectivity index is 0.00000243. The first kappa shape index (κ1) is 20.4. The van der Waals surface area contributed by atoms with Crippen LogP contribution in [0.5, 0.6) is 0 Å². The van der Waals surface area contributed by atoms with Gasteiger partial charge < -0.3 is 10.6 Å². The van der Waals surface area contributed by atoms with E-state index in [0.29, 0.717) is 25.9 Å². The summed E-state index contributed by atoms with van der Waals surface area (Å²) >= 11 is 0. The first-order chi connectivity index (χ1) is 12.0. The van der Waals surface area contributed by atoms with Gasteiger partial charge in [-0.25, -0.2) is 4.39 Å². The highest BCUT2D eigenvalue weighted by atomic mass is 35.5. The molecular formula is C21H26ClFN2O. The molecule has 3 rings (SSSR count). The lowest BCUT2D eigenvalue weighted by molar-refractivity contribution is -0.131. The molecular weight excluding hydrogens is 351 g/mol. The van der Waals surface area contributed by atoms with Crippen LogP contribution in [0.3, 0.4) is 0 Å². The monoisotopic (exact) mass is 376 g/mol. The van der Waals surface area contributed by atoms with Gasteiger partial charge in [-0.3, -0.25) is 4.79 Å². The van der Waals surface area contributed by atoms with Crippen molar-refractivity contribution in [3.8, 4) is 0 Å². The Morgan fingerprint density at radius 3 is 2.62 bits per heavy atom. The van der Waals surface area contributed by atoms with Crippen molar-refractivity contribution in [2.24, 2.45) is 11.7 Å². The second kappa shape index (κ2) is 9.15. The molecule has 1 aliphatic rings. The molecule has 140 valence electrons. The van der Waals surface area contributed by atoms with Crippen molar-refractivity contribution in [3.05, 3.63) is 71.5 Å². The minimum absolute atomic E-state index is 0. The van der Waals surface area contributed by atoms with E-state index in [1.807, 2.05) is 36.1 Å². The summed E-state index contributed by atoms with van der Waals surface area (Å²) in [6.07, 6.45) is 1.16. The Hall–Kier alpha value is -1.91. The molecule has 1 unspecified atom stereocenters. The topological polar surface area (TPSA) is 46.3 Å². The third-order valence-corrected chi connectivity index (χ3v) is 4.94. The Morgan fingerprint density at radius 2 is 1.92 bits per heavy atom. The zero-order valence-corrected chi connectivity index (χ0v) is 15.8. The van der Waals surface area contributed by atoms with Crippen LogP contribution in [0.1, 0.15) is 30.4 Å². The smallest absolute Gasteiger partial charge is 0.222 e. The first-order valence-electron chi connectivity index (χ1n) is 8.85. The minimum atomic E-state index is -0.229. The van der Waals surface area contributed by atoms with Crippen molar-refractivity contribution in [3.63, 3.8) is 0 Å². The number of rotatable bonds is 5. The molecule has 1 fully saturated rings. The number of amides is 1. The number of nitrogens with two attached hydrogens (primary N) is 1. The van der Waals surface area contributed by atoms with E-state index < -0.39 is 0 Å². The van der Waals surface area contributed by atoms with Crippen LogP contribution in [0.2, 0.25) is 0 Å². The van der Waals surface area contributed by atoms with Crippen molar-refractivity contribution in [1.82, 2.24) is 4.90 Å². The number of carbonyl (C=O) groups is 1. The summed E-state index contributed by atoms with van der Waals surface area (Å²) in [7, 11) is 0. The summed E-state index contributed by atoms with van der Waals surface area (Å²) in [6.45, 7) is 3.31. The van der Waals surface area contributed by atoms with E-state index in [9.17, 15) is 9.18 Å². The number of hydrogen-bond donors (Lipinski definition) is 1. The molecule has 0 aliphatic carbocycles. The summed E-state index contributed by atoms with van der Waals surface area (Å²) in [6, 6.07) is 16.7. The van der Waals surface area contributed by atoms with Gasteiger partial charge in [-0.2, -0.15) is 0 Å². The minimum Gasteiger partial charge on any atom is -0.340 e. The van der Waals surface area contributed by atoms with Gasteiger partial charge in [0.25, 0.3) is 0 Å². The molecule has 0 aromatic heterocycles. The van der Waals surface area contributed by atoms with E-state index in [4.69, 9.17) is 5.73 Å². The molecule has 2 aromatic rings. The standard InChI is InChI=1S/C21H25FN2O.ClH/c1-15(10-16-6-5-9-18(22)12-16)11-21(25)24-13-19(20(23)14-24)17-7-3-2-4-8-17;/h2-9,12,15,19-20H,10-11,13-14,23H2,1H3;1H/t15?,19-,20+;/m0./s1. The quantitative estimate of drug-likeness (QED) is 0.863. The molecule has 0 bridgehead atoms. The maximum absolute atomic E-state index is 13.3. The maximum atomic E-state index is 13.3. The molecule has 2 N–H and O–H groups in total. The van der Waals surface area contributed by atoms with Crippen LogP contribution in [0, 0.1) is 11.7 Å². The van der Waals surface area contributed by atoms with Crippen LogP contribution >= 0.6 is 12.4 Å². The number of benzene rings is 2. The Bertz CT molecular complexity index is 725. The van der Waals surface area contributed by atoms with E-state index in [-0.39, 0.29) is 42.0 Å². The third kappa shape index (κ3) is 5.05. The van der Waals surface area contributed by atoms with Gasteiger partial charge in [0.05, 0.1) is 0 Å². The van der Waals surface area contributed by atoms with Gasteiger partial charge in [-0.05, 0) is 35.6 Å². The van der Waals surface area contributed by atoms with E-state index in [0.717, 1.165) is 5.56 Å². The first-order valence-corrected chi connectivity index (χ1v) is 8.85. The molecule has 1 saturated heterocycles. The second-order valence-corrected chi connectivity index (χ2v) is 7.12. The second-order valence-electron chi connectivity index (χ2n) is 7.12. The molecule has 1 amide bonds. The van der Waals surface area contributed by atoms with E-state index in [1.54, 1.807) is 6.07 Å².